The summed E-state index contributed by atoms with van der Waals surface area (Å²) < 4.78 is 6.78. The minimum Gasteiger partial charge on any atom is -0.507 e. The number of benzene rings is 5. The van der Waals surface area contributed by atoms with Crippen LogP contribution in [0.5, 0.6) is 17.2 Å². The number of anilines is 3. The zero-order valence-corrected chi connectivity index (χ0v) is 35.9. The van der Waals surface area contributed by atoms with Crippen LogP contribution in [0.4, 0.5) is 17.1 Å². The number of aromatic hydroxyl groups is 1. The van der Waals surface area contributed by atoms with Gasteiger partial charge in [0.15, 0.2) is 17.4 Å². The van der Waals surface area contributed by atoms with Crippen LogP contribution in [0.25, 0.3) is 33.5 Å². The summed E-state index contributed by atoms with van der Waals surface area (Å²) in [5.74, 6) is 1.47. The van der Waals surface area contributed by atoms with Gasteiger partial charge in [-0.3, -0.25) is 4.79 Å². The summed E-state index contributed by atoms with van der Waals surface area (Å²) in [5.41, 5.74) is 7.18. The van der Waals surface area contributed by atoms with Gasteiger partial charge < -0.3 is 20.1 Å². The van der Waals surface area contributed by atoms with E-state index in [1.165, 1.54) is 5.56 Å². The van der Waals surface area contributed by atoms with Crippen molar-refractivity contribution in [3.05, 3.63) is 120 Å². The van der Waals surface area contributed by atoms with Crippen molar-refractivity contribution in [1.82, 2.24) is 9.97 Å². The van der Waals surface area contributed by atoms with Gasteiger partial charge in [0.05, 0.1) is 22.5 Å². The van der Waals surface area contributed by atoms with Crippen molar-refractivity contribution in [2.75, 3.05) is 23.3 Å². The average Bonchev–Trinajstić information content (AvgIpc) is 3.21. The number of nitrogens with one attached hydrogen (secondary N) is 1. The molecule has 0 unspecified atom stereocenters. The third-order valence-electron chi connectivity index (χ3n) is 10.6. The highest BCUT2D eigenvalue weighted by Gasteiger charge is 2.33. The van der Waals surface area contributed by atoms with Gasteiger partial charge >= 0.3 is 0 Å². The Morgan fingerprint density at radius 1 is 0.741 bits per heavy atom. The summed E-state index contributed by atoms with van der Waals surface area (Å²) in [6.45, 7) is 21.6. The Morgan fingerprint density at radius 2 is 1.38 bits per heavy atom. The van der Waals surface area contributed by atoms with Crippen molar-refractivity contribution in [2.24, 2.45) is 5.41 Å². The van der Waals surface area contributed by atoms with Crippen LogP contribution in [-0.2, 0) is 5.41 Å². The van der Waals surface area contributed by atoms with Crippen molar-refractivity contribution in [1.29, 1.82) is 0 Å². The Hall–Kier alpha value is -5.69. The van der Waals surface area contributed by atoms with Crippen molar-refractivity contribution < 1.29 is 14.6 Å². The lowest BCUT2D eigenvalue weighted by Gasteiger charge is -2.33. The van der Waals surface area contributed by atoms with Crippen LogP contribution in [0.1, 0.15) is 116 Å². The van der Waals surface area contributed by atoms with Gasteiger partial charge in [0.25, 0.3) is 0 Å². The minimum absolute atomic E-state index is 0.0275. The Kier molecular flexibility index (Phi) is 12.9. The molecule has 2 N–H and O–H groups in total. The van der Waals surface area contributed by atoms with Crippen LogP contribution in [-0.4, -0.2) is 33.9 Å². The molecule has 0 saturated heterocycles. The quantitative estimate of drug-likeness (QED) is 0.114. The molecule has 0 bridgehead atoms. The number of aromatic nitrogens is 2. The predicted molar refractivity (Wildman–Crippen MR) is 242 cm³/mol. The van der Waals surface area contributed by atoms with E-state index in [1.807, 2.05) is 98.8 Å². The number of para-hydroxylation sites is 1. The number of fused-ring (bicyclic) bond motifs is 2. The maximum absolute atomic E-state index is 14.5. The highest BCUT2D eigenvalue weighted by molar-refractivity contribution is 6.28. The molecule has 1 aliphatic carbocycles. The van der Waals surface area contributed by atoms with E-state index in [2.05, 4.69) is 76.9 Å². The fraction of sp³-hybridized carbons (Fsp3) is 0.353. The summed E-state index contributed by atoms with van der Waals surface area (Å²) in [5, 5.41) is 15.8. The maximum atomic E-state index is 14.5. The first kappa shape index (κ1) is 41.9. The molecule has 0 spiro atoms. The Balaban J connectivity index is 0.00000279. The Labute approximate surface area is 345 Å². The van der Waals surface area contributed by atoms with E-state index < -0.39 is 0 Å². The van der Waals surface area contributed by atoms with Crippen molar-refractivity contribution in [3.63, 3.8) is 0 Å². The molecule has 0 fully saturated rings. The van der Waals surface area contributed by atoms with Crippen LogP contribution in [0.15, 0.2) is 103 Å². The highest BCUT2D eigenvalue weighted by Crippen LogP contribution is 2.47. The first-order valence-corrected chi connectivity index (χ1v) is 21.1. The summed E-state index contributed by atoms with van der Waals surface area (Å²) in [4.78, 5) is 27.1. The van der Waals surface area contributed by atoms with E-state index in [1.54, 1.807) is 0 Å². The van der Waals surface area contributed by atoms with Crippen molar-refractivity contribution >= 4 is 33.7 Å². The predicted octanol–water partition coefficient (Wildman–Crippen LogP) is 13.9. The summed E-state index contributed by atoms with van der Waals surface area (Å²) in [6.07, 6.45) is 5.37. The number of ether oxygens (including phenoxy) is 1. The molecule has 7 heteroatoms. The smallest absolute Gasteiger partial charge is 0.196 e. The lowest BCUT2D eigenvalue weighted by atomic mass is 9.72. The Bertz CT molecular complexity index is 2350. The number of phenolic OH excluding ortho intramolecular Hbond substituents is 1. The largest absolute Gasteiger partial charge is 0.507 e. The van der Waals surface area contributed by atoms with Gasteiger partial charge in [0.2, 0.25) is 0 Å². The zero-order valence-electron chi connectivity index (χ0n) is 35.9. The number of phenols is 1. The van der Waals surface area contributed by atoms with Gasteiger partial charge in [-0.25, -0.2) is 9.97 Å². The van der Waals surface area contributed by atoms with E-state index in [0.717, 1.165) is 56.6 Å². The standard InChI is InChI=1S/C49H54N4O3.C2H6/c1-8-10-27-53(28-11-9-2)34-23-26-38(40(54)29-34)47-51-44-36-19-15-16-20-37(36)46(55)42-39(50-33-17-13-12-14-18-33)30-41(45(52-47)43(42)44)56-35-24-21-32(22-25-35)49(6,7)31-48(3,4)5;1-2/h12-26,29-30,50,54H,8-11,27-28,31H2,1-7H3;1-2H3. The van der Waals surface area contributed by atoms with Crippen molar-refractivity contribution in [2.45, 2.75) is 99.8 Å². The monoisotopic (exact) mass is 776 g/mol. The fourth-order valence-corrected chi connectivity index (χ4v) is 8.21. The second-order valence-corrected chi connectivity index (χ2v) is 16.9. The molecule has 302 valence electrons. The lowest BCUT2D eigenvalue weighted by molar-refractivity contribution is 0.104. The molecule has 58 heavy (non-hydrogen) atoms. The van der Waals surface area contributed by atoms with Crippen LogP contribution >= 0.6 is 0 Å². The fourth-order valence-electron chi connectivity index (χ4n) is 8.21. The summed E-state index contributed by atoms with van der Waals surface area (Å²) in [7, 11) is 0. The number of carbonyl (C=O) groups is 1. The number of ketones is 1. The molecular formula is C51H60N4O3. The number of unbranched alkanes of at least 4 members (excludes halogenated alkanes) is 2. The number of carbonyl (C=O) groups excluding carboxylic acids is 1. The van der Waals surface area contributed by atoms with Crippen LogP contribution < -0.4 is 15.0 Å². The number of rotatable bonds is 14. The van der Waals surface area contributed by atoms with Gasteiger partial charge in [-0.2, -0.15) is 0 Å². The van der Waals surface area contributed by atoms with Crippen LogP contribution in [0.2, 0.25) is 0 Å². The molecule has 7 rings (SSSR count). The molecule has 0 atom stereocenters. The van der Waals surface area contributed by atoms with Gasteiger partial charge in [0, 0.05) is 53.1 Å². The van der Waals surface area contributed by atoms with Gasteiger partial charge in [-0.05, 0) is 72.1 Å². The van der Waals surface area contributed by atoms with E-state index in [0.29, 0.717) is 61.9 Å². The third kappa shape index (κ3) is 9.04. The number of hydrogen-bond acceptors (Lipinski definition) is 7. The van der Waals surface area contributed by atoms with E-state index in [4.69, 9.17) is 14.7 Å². The molecule has 0 saturated carbocycles. The second-order valence-electron chi connectivity index (χ2n) is 16.9. The zero-order chi connectivity index (χ0) is 41.6. The summed E-state index contributed by atoms with van der Waals surface area (Å²) in [6, 6.07) is 33.3. The molecule has 0 amide bonds. The van der Waals surface area contributed by atoms with Crippen LogP contribution in [0, 0.1) is 5.41 Å². The first-order valence-electron chi connectivity index (χ1n) is 21.1. The average molecular weight is 777 g/mol. The number of hydrogen-bond donors (Lipinski definition) is 2. The molecule has 1 aliphatic rings. The van der Waals surface area contributed by atoms with Gasteiger partial charge in [0.1, 0.15) is 17.0 Å². The molecule has 0 aliphatic heterocycles. The van der Waals surface area contributed by atoms with E-state index in [9.17, 15) is 9.90 Å². The second kappa shape index (κ2) is 17.8. The molecule has 0 radical (unpaired) electrons. The van der Waals surface area contributed by atoms with Gasteiger partial charge in [-0.1, -0.05) is 130 Å². The third-order valence-corrected chi connectivity index (χ3v) is 10.6. The van der Waals surface area contributed by atoms with E-state index >= 15 is 0 Å². The van der Waals surface area contributed by atoms with Crippen molar-refractivity contribution in [3.8, 4) is 39.9 Å². The normalized spacial score (nSPS) is 12.1. The molecular weight excluding hydrogens is 717 g/mol. The summed E-state index contributed by atoms with van der Waals surface area (Å²) >= 11 is 0. The first-order chi connectivity index (χ1) is 27.9. The number of nitrogens with zero attached hydrogens (tertiary/aromatic N) is 3. The lowest BCUT2D eigenvalue weighted by Crippen LogP contribution is -2.25. The molecule has 7 nitrogen and oxygen atoms in total. The van der Waals surface area contributed by atoms with Crippen LogP contribution in [0.3, 0.4) is 0 Å². The van der Waals surface area contributed by atoms with E-state index in [-0.39, 0.29) is 22.4 Å². The minimum atomic E-state index is -0.115. The SMILES string of the molecule is CC.CCCCN(CCCC)c1ccc(-c2nc3c4c(c(Nc5ccccc5)cc(Oc5ccc(C(C)(C)CC(C)(C)C)cc5)c4n2)C(=O)c2ccccc2-3)c(O)c1. The highest BCUT2D eigenvalue weighted by atomic mass is 16.5. The topological polar surface area (TPSA) is 87.6 Å². The van der Waals surface area contributed by atoms with Gasteiger partial charge in [-0.15, -0.1) is 0 Å². The Morgan fingerprint density at radius 3 is 2.00 bits per heavy atom. The molecule has 1 heterocycles. The molecule has 1 aromatic heterocycles. The molecule has 5 aromatic carbocycles. The maximum Gasteiger partial charge on any atom is 0.196 e. The molecule has 6 aromatic rings.